The lowest BCUT2D eigenvalue weighted by molar-refractivity contribution is -0.142. The molecule has 8 N–H and O–H groups in total. The van der Waals surface area contributed by atoms with Gasteiger partial charge in [0.2, 0.25) is 23.6 Å². The van der Waals surface area contributed by atoms with E-state index in [0.717, 1.165) is 0 Å². The molecule has 4 amide bonds. The summed E-state index contributed by atoms with van der Waals surface area (Å²) in [6, 6.07) is -3.20. The summed E-state index contributed by atoms with van der Waals surface area (Å²) in [5, 5.41) is 16.5. The highest BCUT2D eigenvalue weighted by atomic mass is 32.2. The molecule has 0 aromatic carbocycles. The standard InChI is InChI=1S/C17H31N5O6S/c1-9(2)6-12(17(27)28)22-16(26)11(4-5-29-3)21-14(24)8-20-15(25)10(18)7-13(19)23/h9-12H,4-8,18H2,1-3H3,(H2,19,23)(H,20,25)(H,21,24)(H,22,26)(H,27,28). The third-order valence-electron chi connectivity index (χ3n) is 3.77. The van der Waals surface area contributed by atoms with Crippen molar-refractivity contribution in [2.24, 2.45) is 17.4 Å². The van der Waals surface area contributed by atoms with E-state index < -0.39 is 54.3 Å². The number of primary amides is 1. The van der Waals surface area contributed by atoms with Gasteiger partial charge in [-0.25, -0.2) is 4.79 Å². The van der Waals surface area contributed by atoms with Crippen molar-refractivity contribution in [1.29, 1.82) is 0 Å². The van der Waals surface area contributed by atoms with Gasteiger partial charge in [0.05, 0.1) is 19.0 Å². The summed E-state index contributed by atoms with van der Waals surface area (Å²) in [6.07, 6.45) is 1.99. The lowest BCUT2D eigenvalue weighted by Gasteiger charge is -2.22. The monoisotopic (exact) mass is 433 g/mol. The van der Waals surface area contributed by atoms with E-state index in [1.807, 2.05) is 20.1 Å². The third kappa shape index (κ3) is 12.0. The van der Waals surface area contributed by atoms with Crippen molar-refractivity contribution < 1.29 is 29.1 Å². The number of hydrogen-bond acceptors (Lipinski definition) is 7. The van der Waals surface area contributed by atoms with Crippen LogP contribution in [0, 0.1) is 5.92 Å². The van der Waals surface area contributed by atoms with Crippen molar-refractivity contribution in [1.82, 2.24) is 16.0 Å². The molecule has 0 spiro atoms. The molecule has 0 rings (SSSR count). The van der Waals surface area contributed by atoms with Crippen LogP contribution in [0.5, 0.6) is 0 Å². The summed E-state index contributed by atoms with van der Waals surface area (Å²) in [5.41, 5.74) is 10.4. The number of thioether (sulfide) groups is 1. The Morgan fingerprint density at radius 1 is 1.03 bits per heavy atom. The quantitative estimate of drug-likeness (QED) is 0.184. The first-order valence-corrected chi connectivity index (χ1v) is 10.5. The average molecular weight is 434 g/mol. The minimum absolute atomic E-state index is 0.0514. The van der Waals surface area contributed by atoms with Crippen molar-refractivity contribution in [3.8, 4) is 0 Å². The highest BCUT2D eigenvalue weighted by Crippen LogP contribution is 2.07. The van der Waals surface area contributed by atoms with Crippen molar-refractivity contribution in [2.45, 2.75) is 51.2 Å². The summed E-state index contributed by atoms with van der Waals surface area (Å²) in [6.45, 7) is 3.21. The van der Waals surface area contributed by atoms with Gasteiger partial charge in [-0.1, -0.05) is 13.8 Å². The van der Waals surface area contributed by atoms with Crippen LogP contribution in [0.2, 0.25) is 0 Å². The normalized spacial score (nSPS) is 13.8. The zero-order chi connectivity index (χ0) is 22.6. The molecule has 0 heterocycles. The maximum atomic E-state index is 12.5. The molecule has 3 atom stereocenters. The lowest BCUT2D eigenvalue weighted by Crippen LogP contribution is -2.54. The molecule has 11 nitrogen and oxygen atoms in total. The van der Waals surface area contributed by atoms with Crippen LogP contribution in [0.25, 0.3) is 0 Å². The predicted molar refractivity (Wildman–Crippen MR) is 109 cm³/mol. The first kappa shape index (κ1) is 26.7. The molecular weight excluding hydrogens is 402 g/mol. The number of carboxylic acids is 1. The topological polar surface area (TPSA) is 194 Å². The van der Waals surface area contributed by atoms with Gasteiger partial charge in [-0.3, -0.25) is 19.2 Å². The first-order chi connectivity index (χ1) is 13.5. The number of hydrogen-bond donors (Lipinski definition) is 6. The van der Waals surface area contributed by atoms with Crippen LogP contribution >= 0.6 is 11.8 Å². The van der Waals surface area contributed by atoms with Crippen LogP contribution in [0.1, 0.15) is 33.1 Å². The van der Waals surface area contributed by atoms with Gasteiger partial charge in [0.25, 0.3) is 0 Å². The summed E-state index contributed by atoms with van der Waals surface area (Å²) < 4.78 is 0. The Labute approximate surface area is 174 Å². The summed E-state index contributed by atoms with van der Waals surface area (Å²) >= 11 is 1.46. The molecule has 3 unspecified atom stereocenters. The smallest absolute Gasteiger partial charge is 0.326 e. The molecule has 0 bridgehead atoms. The Morgan fingerprint density at radius 3 is 2.14 bits per heavy atom. The van der Waals surface area contributed by atoms with Crippen molar-refractivity contribution in [3.05, 3.63) is 0 Å². The molecule has 0 radical (unpaired) electrons. The lowest BCUT2D eigenvalue weighted by atomic mass is 10.0. The van der Waals surface area contributed by atoms with E-state index in [0.29, 0.717) is 5.75 Å². The van der Waals surface area contributed by atoms with E-state index in [4.69, 9.17) is 11.5 Å². The summed E-state index contributed by atoms with van der Waals surface area (Å²) in [4.78, 5) is 58.4. The van der Waals surface area contributed by atoms with E-state index in [1.54, 1.807) is 0 Å². The molecule has 0 saturated heterocycles. The molecule has 0 aromatic rings. The number of nitrogens with one attached hydrogen (secondary N) is 3. The molecule has 0 aliphatic rings. The van der Waals surface area contributed by atoms with Crippen LogP contribution in [-0.4, -0.2) is 71.4 Å². The number of nitrogens with two attached hydrogens (primary N) is 2. The highest BCUT2D eigenvalue weighted by Gasteiger charge is 2.27. The molecular formula is C17H31N5O6S. The number of carboxylic acid groups (broad SMARTS) is 1. The molecule has 0 aromatic heterocycles. The maximum absolute atomic E-state index is 12.5. The number of amides is 4. The second kappa shape index (κ2) is 13.8. The van der Waals surface area contributed by atoms with Gasteiger partial charge < -0.3 is 32.5 Å². The fraction of sp³-hybridized carbons (Fsp3) is 0.706. The number of aliphatic carboxylic acids is 1. The number of rotatable bonds is 14. The summed E-state index contributed by atoms with van der Waals surface area (Å²) in [7, 11) is 0. The Morgan fingerprint density at radius 2 is 1.66 bits per heavy atom. The predicted octanol–water partition coefficient (Wildman–Crippen LogP) is -1.84. The van der Waals surface area contributed by atoms with Gasteiger partial charge in [-0.2, -0.15) is 11.8 Å². The van der Waals surface area contributed by atoms with Crippen LogP contribution in [0.3, 0.4) is 0 Å². The Hall–Kier alpha value is -2.34. The molecule has 0 aliphatic carbocycles. The molecule has 29 heavy (non-hydrogen) atoms. The van der Waals surface area contributed by atoms with Gasteiger partial charge in [-0.15, -0.1) is 0 Å². The zero-order valence-electron chi connectivity index (χ0n) is 16.9. The van der Waals surface area contributed by atoms with Gasteiger partial charge >= 0.3 is 5.97 Å². The van der Waals surface area contributed by atoms with Gasteiger partial charge in [0.15, 0.2) is 0 Å². The molecule has 0 fully saturated rings. The van der Waals surface area contributed by atoms with E-state index in [9.17, 15) is 29.1 Å². The zero-order valence-corrected chi connectivity index (χ0v) is 17.7. The van der Waals surface area contributed by atoms with Crippen LogP contribution < -0.4 is 27.4 Å². The van der Waals surface area contributed by atoms with E-state index in [2.05, 4.69) is 16.0 Å². The SMILES string of the molecule is CSCCC(NC(=O)CNC(=O)C(N)CC(N)=O)C(=O)NC(CC(C)C)C(=O)O. The Balaban J connectivity index is 4.85. The fourth-order valence-electron chi connectivity index (χ4n) is 2.32. The fourth-order valence-corrected chi connectivity index (χ4v) is 2.79. The van der Waals surface area contributed by atoms with Gasteiger partial charge in [0, 0.05) is 0 Å². The van der Waals surface area contributed by atoms with Gasteiger partial charge in [0.1, 0.15) is 12.1 Å². The molecule has 12 heteroatoms. The second-order valence-corrected chi connectivity index (χ2v) is 7.91. The maximum Gasteiger partial charge on any atom is 0.326 e. The molecule has 166 valence electrons. The van der Waals surface area contributed by atoms with Gasteiger partial charge in [-0.05, 0) is 30.8 Å². The van der Waals surface area contributed by atoms with Crippen LogP contribution in [-0.2, 0) is 24.0 Å². The first-order valence-electron chi connectivity index (χ1n) is 9.10. The minimum atomic E-state index is -1.18. The number of carbonyl (C=O) groups excluding carboxylic acids is 4. The third-order valence-corrected chi connectivity index (χ3v) is 4.41. The average Bonchev–Trinajstić information content (AvgIpc) is 2.61. The van der Waals surface area contributed by atoms with E-state index in [1.165, 1.54) is 11.8 Å². The minimum Gasteiger partial charge on any atom is -0.480 e. The molecule has 0 saturated carbocycles. The van der Waals surface area contributed by atoms with Crippen LogP contribution in [0.4, 0.5) is 0 Å². The van der Waals surface area contributed by atoms with E-state index in [-0.39, 0.29) is 25.2 Å². The highest BCUT2D eigenvalue weighted by molar-refractivity contribution is 7.98. The molecule has 0 aliphatic heterocycles. The van der Waals surface area contributed by atoms with Crippen molar-refractivity contribution >= 4 is 41.4 Å². The van der Waals surface area contributed by atoms with E-state index >= 15 is 0 Å². The largest absolute Gasteiger partial charge is 0.480 e. The Bertz CT molecular complexity index is 601. The van der Waals surface area contributed by atoms with Crippen LogP contribution in [0.15, 0.2) is 0 Å². The second-order valence-electron chi connectivity index (χ2n) is 6.93. The summed E-state index contributed by atoms with van der Waals surface area (Å²) in [5.74, 6) is -3.30. The number of carbonyl (C=O) groups is 5. The van der Waals surface area contributed by atoms with Crippen molar-refractivity contribution in [3.63, 3.8) is 0 Å². The van der Waals surface area contributed by atoms with Crippen molar-refractivity contribution in [2.75, 3.05) is 18.6 Å². The Kier molecular flexibility index (Phi) is 12.7.